The smallest absolute Gasteiger partial charge is 0.416 e. The lowest BCUT2D eigenvalue weighted by Crippen LogP contribution is -2.44. The quantitative estimate of drug-likeness (QED) is 0.827. The van der Waals surface area contributed by atoms with Crippen molar-refractivity contribution in [1.82, 2.24) is 9.80 Å². The van der Waals surface area contributed by atoms with Gasteiger partial charge < -0.3 is 14.7 Å². The van der Waals surface area contributed by atoms with Gasteiger partial charge in [0.15, 0.2) is 0 Å². The van der Waals surface area contributed by atoms with E-state index in [4.69, 9.17) is 4.74 Å². The summed E-state index contributed by atoms with van der Waals surface area (Å²) in [6.07, 6.45) is -4.36. The molecule has 4 rings (SSSR count). The summed E-state index contributed by atoms with van der Waals surface area (Å²) in [4.78, 5) is 16.4. The average molecular weight is 420 g/mol. The fourth-order valence-electron chi connectivity index (χ4n) is 4.03. The van der Waals surface area contributed by atoms with E-state index < -0.39 is 23.8 Å². The van der Waals surface area contributed by atoms with E-state index in [-0.39, 0.29) is 31.0 Å². The Hall–Kier alpha value is -2.58. The fraction of sp³-hybridized carbons (Fsp3) is 0.409. The molecular weight excluding hydrogens is 397 g/mol. The van der Waals surface area contributed by atoms with Crippen LogP contribution in [0.3, 0.4) is 0 Å². The third kappa shape index (κ3) is 4.44. The summed E-state index contributed by atoms with van der Waals surface area (Å²) >= 11 is 0. The maximum atomic E-state index is 12.9. The average Bonchev–Trinajstić information content (AvgIpc) is 2.86. The summed E-state index contributed by atoms with van der Waals surface area (Å²) in [5, 5.41) is 10.6. The molecule has 0 saturated carbocycles. The maximum absolute atomic E-state index is 12.9. The first kappa shape index (κ1) is 20.7. The summed E-state index contributed by atoms with van der Waals surface area (Å²) < 4.78 is 44.2. The van der Waals surface area contributed by atoms with Gasteiger partial charge in [-0.1, -0.05) is 24.3 Å². The van der Waals surface area contributed by atoms with Crippen LogP contribution in [-0.2, 0) is 19.1 Å². The molecule has 0 bridgehead atoms. The number of rotatable bonds is 4. The fourth-order valence-corrected chi connectivity index (χ4v) is 4.03. The van der Waals surface area contributed by atoms with Gasteiger partial charge in [0.1, 0.15) is 12.4 Å². The molecule has 0 saturated heterocycles. The number of amides is 1. The summed E-state index contributed by atoms with van der Waals surface area (Å²) in [6.45, 7) is 2.36. The minimum absolute atomic E-state index is 0.0700. The molecule has 5 nitrogen and oxygen atoms in total. The number of benzene rings is 2. The van der Waals surface area contributed by atoms with Crippen LogP contribution in [0.25, 0.3) is 0 Å². The molecule has 2 aromatic rings. The molecule has 0 radical (unpaired) electrons. The zero-order valence-corrected chi connectivity index (χ0v) is 16.4. The van der Waals surface area contributed by atoms with E-state index in [1.165, 1.54) is 16.0 Å². The van der Waals surface area contributed by atoms with Crippen molar-refractivity contribution in [3.05, 3.63) is 64.7 Å². The van der Waals surface area contributed by atoms with Gasteiger partial charge in [-0.25, -0.2) is 0 Å². The molecular formula is C22H23F3N2O3. The number of alkyl halides is 3. The van der Waals surface area contributed by atoms with Crippen LogP contribution < -0.4 is 4.74 Å². The van der Waals surface area contributed by atoms with Crippen LogP contribution in [0.4, 0.5) is 13.2 Å². The van der Waals surface area contributed by atoms with Gasteiger partial charge in [0.2, 0.25) is 0 Å². The second kappa shape index (κ2) is 8.28. The van der Waals surface area contributed by atoms with Crippen molar-refractivity contribution >= 4 is 5.91 Å². The van der Waals surface area contributed by atoms with Crippen molar-refractivity contribution in [2.45, 2.75) is 25.2 Å². The molecule has 0 aliphatic carbocycles. The summed E-state index contributed by atoms with van der Waals surface area (Å²) in [5.41, 5.74) is 1.79. The van der Waals surface area contributed by atoms with E-state index in [0.29, 0.717) is 6.54 Å². The standard InChI is InChI=1S/C22H23F3N2O3/c23-22(24,25)17-5-6-19-20(11-17)30-10-9-27(21(19)29)14-18(28)13-26-8-7-15-3-1-2-4-16(15)12-26/h1-6,11,18,28H,7-10,12-14H2. The van der Waals surface area contributed by atoms with Crippen molar-refractivity contribution in [3.8, 4) is 5.75 Å². The Morgan fingerprint density at radius 3 is 2.60 bits per heavy atom. The molecule has 0 fully saturated rings. The first-order valence-electron chi connectivity index (χ1n) is 9.92. The number of nitrogens with zero attached hydrogens (tertiary/aromatic N) is 2. The highest BCUT2D eigenvalue weighted by Crippen LogP contribution is 2.34. The Morgan fingerprint density at radius 1 is 1.07 bits per heavy atom. The molecule has 0 spiro atoms. The van der Waals surface area contributed by atoms with Crippen LogP contribution in [0.5, 0.6) is 5.75 Å². The highest BCUT2D eigenvalue weighted by molar-refractivity contribution is 5.97. The summed E-state index contributed by atoms with van der Waals surface area (Å²) in [5.74, 6) is -0.501. The minimum atomic E-state index is -4.50. The Kier molecular flexibility index (Phi) is 5.71. The predicted octanol–water partition coefficient (Wildman–Crippen LogP) is 2.96. The van der Waals surface area contributed by atoms with Gasteiger partial charge in [0.25, 0.3) is 5.91 Å². The van der Waals surface area contributed by atoms with Crippen LogP contribution in [0.2, 0.25) is 0 Å². The number of fused-ring (bicyclic) bond motifs is 2. The number of aliphatic hydroxyl groups is 1. The van der Waals surface area contributed by atoms with E-state index in [1.807, 2.05) is 12.1 Å². The second-order valence-electron chi connectivity index (χ2n) is 7.72. The maximum Gasteiger partial charge on any atom is 0.416 e. The van der Waals surface area contributed by atoms with E-state index in [0.717, 1.165) is 37.7 Å². The number of β-amino-alcohol motifs (C(OH)–C–C–N with tert-alkyl or cyclic N) is 1. The van der Waals surface area contributed by atoms with Gasteiger partial charge in [-0.2, -0.15) is 13.2 Å². The van der Waals surface area contributed by atoms with Crippen LogP contribution in [0.15, 0.2) is 42.5 Å². The van der Waals surface area contributed by atoms with Crippen LogP contribution in [0.1, 0.15) is 27.0 Å². The van der Waals surface area contributed by atoms with Crippen molar-refractivity contribution in [2.24, 2.45) is 0 Å². The Labute approximate surface area is 172 Å². The first-order valence-corrected chi connectivity index (χ1v) is 9.92. The highest BCUT2D eigenvalue weighted by atomic mass is 19.4. The van der Waals surface area contributed by atoms with Crippen molar-refractivity contribution in [2.75, 3.05) is 32.8 Å². The Bertz CT molecular complexity index is 932. The zero-order chi connectivity index (χ0) is 21.3. The molecule has 1 atom stereocenters. The molecule has 8 heteroatoms. The summed E-state index contributed by atoms with van der Waals surface area (Å²) in [6, 6.07) is 11.1. The van der Waals surface area contributed by atoms with E-state index in [1.54, 1.807) is 0 Å². The lowest BCUT2D eigenvalue weighted by atomic mass is 10.00. The van der Waals surface area contributed by atoms with Crippen molar-refractivity contribution in [1.29, 1.82) is 0 Å². The lowest BCUT2D eigenvalue weighted by molar-refractivity contribution is -0.137. The molecule has 30 heavy (non-hydrogen) atoms. The molecule has 2 aliphatic heterocycles. The van der Waals surface area contributed by atoms with Crippen LogP contribution >= 0.6 is 0 Å². The monoisotopic (exact) mass is 420 g/mol. The van der Waals surface area contributed by atoms with Gasteiger partial charge in [-0.3, -0.25) is 9.69 Å². The number of hydrogen-bond acceptors (Lipinski definition) is 4. The number of hydrogen-bond donors (Lipinski definition) is 1. The molecule has 2 aliphatic rings. The van der Waals surface area contributed by atoms with E-state index in [2.05, 4.69) is 17.0 Å². The van der Waals surface area contributed by atoms with Crippen LogP contribution in [-0.4, -0.2) is 59.7 Å². The second-order valence-corrected chi connectivity index (χ2v) is 7.72. The Balaban J connectivity index is 1.40. The third-order valence-electron chi connectivity index (χ3n) is 5.56. The normalized spacial score (nSPS) is 18.3. The number of carbonyl (C=O) groups excluding carboxylic acids is 1. The van der Waals surface area contributed by atoms with Gasteiger partial charge in [-0.05, 0) is 35.7 Å². The largest absolute Gasteiger partial charge is 0.491 e. The molecule has 1 amide bonds. The number of carbonyl (C=O) groups is 1. The minimum Gasteiger partial charge on any atom is -0.491 e. The molecule has 2 aromatic carbocycles. The van der Waals surface area contributed by atoms with Gasteiger partial charge >= 0.3 is 6.18 Å². The molecule has 1 N–H and O–H groups in total. The van der Waals surface area contributed by atoms with Gasteiger partial charge in [0, 0.05) is 26.2 Å². The van der Waals surface area contributed by atoms with E-state index in [9.17, 15) is 23.1 Å². The number of aliphatic hydroxyl groups excluding tert-OH is 1. The third-order valence-corrected chi connectivity index (χ3v) is 5.56. The summed E-state index contributed by atoms with van der Waals surface area (Å²) in [7, 11) is 0. The predicted molar refractivity (Wildman–Crippen MR) is 104 cm³/mol. The van der Waals surface area contributed by atoms with Crippen LogP contribution in [0, 0.1) is 0 Å². The van der Waals surface area contributed by atoms with E-state index >= 15 is 0 Å². The highest BCUT2D eigenvalue weighted by Gasteiger charge is 2.33. The molecule has 2 heterocycles. The molecule has 160 valence electrons. The van der Waals surface area contributed by atoms with Gasteiger partial charge in [0.05, 0.1) is 23.8 Å². The number of halogens is 3. The Morgan fingerprint density at radius 2 is 1.83 bits per heavy atom. The zero-order valence-electron chi connectivity index (χ0n) is 16.4. The van der Waals surface area contributed by atoms with Crippen molar-refractivity contribution < 1.29 is 27.8 Å². The lowest BCUT2D eigenvalue weighted by Gasteiger charge is -2.32. The number of ether oxygens (including phenoxy) is 1. The first-order chi connectivity index (χ1) is 14.3. The molecule has 0 aromatic heterocycles. The molecule has 1 unspecified atom stereocenters. The van der Waals surface area contributed by atoms with Crippen molar-refractivity contribution in [3.63, 3.8) is 0 Å². The topological polar surface area (TPSA) is 53.0 Å². The SMILES string of the molecule is O=C1c2ccc(C(F)(F)F)cc2OCCN1CC(O)CN1CCc2ccccc2C1. The van der Waals surface area contributed by atoms with Gasteiger partial charge in [-0.15, -0.1) is 0 Å².